The molecular weight excluding hydrogens is 176 g/mol. The van der Waals surface area contributed by atoms with Crippen LogP contribution in [-0.2, 0) is 9.53 Å². The molecule has 0 aromatic heterocycles. The minimum atomic E-state index is -0.0916. The van der Waals surface area contributed by atoms with Gasteiger partial charge in [-0.05, 0) is 31.1 Å². The number of Topliss-reactive ketones (excluding diaryl/α,β-unsaturated/α-hetero) is 1. The molecule has 0 spiro atoms. The van der Waals surface area contributed by atoms with Crippen LogP contribution in [0, 0.1) is 5.41 Å². The van der Waals surface area contributed by atoms with Gasteiger partial charge < -0.3 is 4.74 Å². The lowest BCUT2D eigenvalue weighted by Crippen LogP contribution is -2.28. The zero-order valence-corrected chi connectivity index (χ0v) is 9.64. The molecule has 2 heteroatoms. The molecule has 0 aromatic carbocycles. The van der Waals surface area contributed by atoms with Crippen LogP contribution in [0.5, 0.6) is 0 Å². The van der Waals surface area contributed by atoms with Crippen molar-refractivity contribution in [3.63, 3.8) is 0 Å². The molecule has 0 amide bonds. The van der Waals surface area contributed by atoms with Crippen molar-refractivity contribution in [2.45, 2.75) is 59.0 Å². The van der Waals surface area contributed by atoms with E-state index in [1.165, 1.54) is 0 Å². The first kappa shape index (κ1) is 11.7. The fourth-order valence-electron chi connectivity index (χ4n) is 1.65. The summed E-state index contributed by atoms with van der Waals surface area (Å²) in [7, 11) is 0. The Balaban J connectivity index is 2.27. The highest BCUT2D eigenvalue weighted by Gasteiger charge is 2.23. The Morgan fingerprint density at radius 1 is 1.36 bits per heavy atom. The first-order chi connectivity index (χ1) is 6.49. The zero-order valence-electron chi connectivity index (χ0n) is 9.64. The second kappa shape index (κ2) is 4.92. The Morgan fingerprint density at radius 3 is 2.57 bits per heavy atom. The SMILES string of the molecule is CC(C)(C)CCC(=O)C1CCCCO1. The molecule has 0 radical (unpaired) electrons. The van der Waals surface area contributed by atoms with E-state index in [0.29, 0.717) is 12.2 Å². The number of ketones is 1. The molecule has 82 valence electrons. The second-order valence-electron chi connectivity index (χ2n) is 5.38. The summed E-state index contributed by atoms with van der Waals surface area (Å²) in [6.45, 7) is 7.28. The number of rotatable bonds is 3. The Labute approximate surface area is 87.0 Å². The van der Waals surface area contributed by atoms with E-state index < -0.39 is 0 Å². The van der Waals surface area contributed by atoms with Gasteiger partial charge in [-0.2, -0.15) is 0 Å². The summed E-state index contributed by atoms with van der Waals surface area (Å²) < 4.78 is 5.46. The minimum absolute atomic E-state index is 0.0916. The monoisotopic (exact) mass is 198 g/mol. The third-order valence-corrected chi connectivity index (χ3v) is 2.66. The molecule has 1 heterocycles. The van der Waals surface area contributed by atoms with E-state index in [-0.39, 0.29) is 11.5 Å². The summed E-state index contributed by atoms with van der Waals surface area (Å²) in [6.07, 6.45) is 4.74. The summed E-state index contributed by atoms with van der Waals surface area (Å²) in [4.78, 5) is 11.7. The Hall–Kier alpha value is -0.370. The summed E-state index contributed by atoms with van der Waals surface area (Å²) in [6, 6.07) is 0. The first-order valence-electron chi connectivity index (χ1n) is 5.63. The highest BCUT2D eigenvalue weighted by Crippen LogP contribution is 2.23. The fourth-order valence-corrected chi connectivity index (χ4v) is 1.65. The molecule has 0 saturated carbocycles. The van der Waals surface area contributed by atoms with Gasteiger partial charge in [0.1, 0.15) is 6.10 Å². The van der Waals surface area contributed by atoms with Crippen LogP contribution in [0.3, 0.4) is 0 Å². The van der Waals surface area contributed by atoms with Crippen LogP contribution in [0.4, 0.5) is 0 Å². The molecule has 1 fully saturated rings. The van der Waals surface area contributed by atoms with Gasteiger partial charge in [0.05, 0.1) is 0 Å². The van der Waals surface area contributed by atoms with Gasteiger partial charge in [-0.3, -0.25) is 4.79 Å². The predicted molar refractivity (Wildman–Crippen MR) is 57.3 cm³/mol. The van der Waals surface area contributed by atoms with Crippen molar-refractivity contribution < 1.29 is 9.53 Å². The molecule has 1 aliphatic heterocycles. The van der Waals surface area contributed by atoms with Gasteiger partial charge in [-0.1, -0.05) is 20.8 Å². The molecule has 2 nitrogen and oxygen atoms in total. The first-order valence-corrected chi connectivity index (χ1v) is 5.63. The molecule has 1 saturated heterocycles. The van der Waals surface area contributed by atoms with Crippen molar-refractivity contribution in [3.05, 3.63) is 0 Å². The van der Waals surface area contributed by atoms with Gasteiger partial charge in [-0.25, -0.2) is 0 Å². The van der Waals surface area contributed by atoms with Crippen molar-refractivity contribution >= 4 is 5.78 Å². The normalized spacial score (nSPS) is 23.5. The van der Waals surface area contributed by atoms with E-state index in [1.54, 1.807) is 0 Å². The van der Waals surface area contributed by atoms with E-state index in [4.69, 9.17) is 4.74 Å². The van der Waals surface area contributed by atoms with E-state index in [1.807, 2.05) is 0 Å². The number of carbonyl (C=O) groups is 1. The van der Waals surface area contributed by atoms with Crippen LogP contribution in [0.15, 0.2) is 0 Å². The van der Waals surface area contributed by atoms with Crippen LogP contribution in [0.25, 0.3) is 0 Å². The van der Waals surface area contributed by atoms with Crippen molar-refractivity contribution in [1.29, 1.82) is 0 Å². The summed E-state index contributed by atoms with van der Waals surface area (Å²) in [5.74, 6) is 0.305. The molecule has 1 aliphatic rings. The quantitative estimate of drug-likeness (QED) is 0.697. The van der Waals surface area contributed by atoms with Gasteiger partial charge in [0, 0.05) is 13.0 Å². The average Bonchev–Trinajstić information content (AvgIpc) is 2.14. The number of ether oxygens (including phenoxy) is 1. The molecule has 0 bridgehead atoms. The van der Waals surface area contributed by atoms with Crippen LogP contribution in [0.2, 0.25) is 0 Å². The summed E-state index contributed by atoms with van der Waals surface area (Å²) >= 11 is 0. The highest BCUT2D eigenvalue weighted by atomic mass is 16.5. The maximum absolute atomic E-state index is 11.7. The van der Waals surface area contributed by atoms with Gasteiger partial charge >= 0.3 is 0 Å². The lowest BCUT2D eigenvalue weighted by atomic mass is 9.88. The smallest absolute Gasteiger partial charge is 0.161 e. The molecule has 1 unspecified atom stereocenters. The van der Waals surface area contributed by atoms with Crippen LogP contribution >= 0.6 is 0 Å². The largest absolute Gasteiger partial charge is 0.370 e. The second-order valence-corrected chi connectivity index (χ2v) is 5.38. The van der Waals surface area contributed by atoms with Crippen molar-refractivity contribution in [2.75, 3.05) is 6.61 Å². The molecule has 0 N–H and O–H groups in total. The number of hydrogen-bond acceptors (Lipinski definition) is 2. The standard InChI is InChI=1S/C12H22O2/c1-12(2,3)8-7-10(13)11-6-4-5-9-14-11/h11H,4-9H2,1-3H3. The average molecular weight is 198 g/mol. The lowest BCUT2D eigenvalue weighted by molar-refractivity contribution is -0.133. The van der Waals surface area contributed by atoms with Crippen LogP contribution < -0.4 is 0 Å². The predicted octanol–water partition coefficient (Wildman–Crippen LogP) is 2.95. The topological polar surface area (TPSA) is 26.3 Å². The zero-order chi connectivity index (χ0) is 10.6. The van der Waals surface area contributed by atoms with Crippen molar-refractivity contribution in [1.82, 2.24) is 0 Å². The van der Waals surface area contributed by atoms with E-state index in [0.717, 1.165) is 32.3 Å². The Kier molecular flexibility index (Phi) is 4.11. The molecule has 0 aromatic rings. The maximum Gasteiger partial charge on any atom is 0.161 e. The van der Waals surface area contributed by atoms with Crippen LogP contribution in [-0.4, -0.2) is 18.5 Å². The molecule has 0 aliphatic carbocycles. The van der Waals surface area contributed by atoms with Gasteiger partial charge in [0.2, 0.25) is 0 Å². The van der Waals surface area contributed by atoms with E-state index in [9.17, 15) is 4.79 Å². The maximum atomic E-state index is 11.7. The number of hydrogen-bond donors (Lipinski definition) is 0. The molecular formula is C12H22O2. The third-order valence-electron chi connectivity index (χ3n) is 2.66. The van der Waals surface area contributed by atoms with Crippen molar-refractivity contribution in [3.8, 4) is 0 Å². The molecule has 14 heavy (non-hydrogen) atoms. The van der Waals surface area contributed by atoms with Crippen molar-refractivity contribution in [2.24, 2.45) is 5.41 Å². The highest BCUT2D eigenvalue weighted by molar-refractivity contribution is 5.83. The van der Waals surface area contributed by atoms with Gasteiger partial charge in [-0.15, -0.1) is 0 Å². The third kappa shape index (κ3) is 4.23. The minimum Gasteiger partial charge on any atom is -0.370 e. The summed E-state index contributed by atoms with van der Waals surface area (Å²) in [5.41, 5.74) is 0.254. The summed E-state index contributed by atoms with van der Waals surface area (Å²) in [5, 5.41) is 0. The lowest BCUT2D eigenvalue weighted by Gasteiger charge is -2.23. The van der Waals surface area contributed by atoms with Gasteiger partial charge in [0.25, 0.3) is 0 Å². The molecule has 1 rings (SSSR count). The van der Waals surface area contributed by atoms with Crippen LogP contribution in [0.1, 0.15) is 52.9 Å². The number of carbonyl (C=O) groups excluding carboxylic acids is 1. The molecule has 1 atom stereocenters. The van der Waals surface area contributed by atoms with Gasteiger partial charge in [0.15, 0.2) is 5.78 Å². The van der Waals surface area contributed by atoms with E-state index in [2.05, 4.69) is 20.8 Å². The Bertz CT molecular complexity index is 185. The Morgan fingerprint density at radius 2 is 2.07 bits per heavy atom. The van der Waals surface area contributed by atoms with E-state index >= 15 is 0 Å². The fraction of sp³-hybridized carbons (Fsp3) is 0.917.